The van der Waals surface area contributed by atoms with Crippen LogP contribution in [-0.2, 0) is 6.18 Å². The van der Waals surface area contributed by atoms with Gasteiger partial charge < -0.3 is 5.73 Å². The summed E-state index contributed by atoms with van der Waals surface area (Å²) in [5.74, 6) is -1.09. The van der Waals surface area contributed by atoms with E-state index in [0.29, 0.717) is 28.9 Å². The molecule has 3 rings (SSSR count). The summed E-state index contributed by atoms with van der Waals surface area (Å²) in [5.41, 5.74) is 5.00. The van der Waals surface area contributed by atoms with Gasteiger partial charge in [-0.3, -0.25) is 4.90 Å². The van der Waals surface area contributed by atoms with Crippen molar-refractivity contribution in [3.8, 4) is 0 Å². The van der Waals surface area contributed by atoms with Gasteiger partial charge in [-0.15, -0.1) is 0 Å². The maximum absolute atomic E-state index is 13.9. The number of nitrogens with zero attached hydrogens (tertiary/aromatic N) is 2. The molecule has 9 heteroatoms. The number of thioether (sulfide) groups is 1. The third-order valence-corrected chi connectivity index (χ3v) is 4.43. The van der Waals surface area contributed by atoms with Crippen LogP contribution in [0, 0.1) is 5.82 Å². The second-order valence-electron chi connectivity index (χ2n) is 5.02. The van der Waals surface area contributed by atoms with E-state index in [2.05, 4.69) is 4.99 Å². The molecule has 0 aromatic heterocycles. The van der Waals surface area contributed by atoms with Gasteiger partial charge in [0, 0.05) is 16.1 Å². The second kappa shape index (κ2) is 6.61. The van der Waals surface area contributed by atoms with Crippen LogP contribution in [0.5, 0.6) is 0 Å². The van der Waals surface area contributed by atoms with Crippen molar-refractivity contribution in [3.05, 3.63) is 64.4 Å². The molecular formula is C16H10ClF4N3S. The zero-order chi connectivity index (χ0) is 18.2. The molecule has 1 aliphatic heterocycles. The molecule has 2 N–H and O–H groups in total. The van der Waals surface area contributed by atoms with Gasteiger partial charge in [-0.2, -0.15) is 13.2 Å². The summed E-state index contributed by atoms with van der Waals surface area (Å²) in [6.45, 7) is 0. The van der Waals surface area contributed by atoms with Crippen molar-refractivity contribution in [2.24, 2.45) is 10.7 Å². The molecule has 3 nitrogen and oxygen atoms in total. The first-order valence-corrected chi connectivity index (χ1v) is 8.14. The molecule has 1 aliphatic rings. The summed E-state index contributed by atoms with van der Waals surface area (Å²) >= 11 is 7.40. The maximum Gasteiger partial charge on any atom is 0.416 e. The van der Waals surface area contributed by atoms with Gasteiger partial charge in [-0.05, 0) is 41.8 Å². The van der Waals surface area contributed by atoms with Gasteiger partial charge >= 0.3 is 6.18 Å². The molecule has 0 aliphatic carbocycles. The largest absolute Gasteiger partial charge is 0.416 e. The molecule has 0 amide bonds. The lowest BCUT2D eigenvalue weighted by Gasteiger charge is -2.25. The van der Waals surface area contributed by atoms with E-state index in [-0.39, 0.29) is 5.96 Å². The molecule has 1 heterocycles. The minimum Gasteiger partial charge on any atom is -0.369 e. The van der Waals surface area contributed by atoms with Crippen LogP contribution in [0.2, 0.25) is 5.02 Å². The Labute approximate surface area is 149 Å². The Morgan fingerprint density at radius 2 is 1.92 bits per heavy atom. The molecule has 2 aromatic rings. The summed E-state index contributed by atoms with van der Waals surface area (Å²) in [5, 5.41) is 2.18. The van der Waals surface area contributed by atoms with Crippen molar-refractivity contribution in [1.82, 2.24) is 0 Å². The third-order valence-electron chi connectivity index (χ3n) is 3.34. The molecule has 25 heavy (non-hydrogen) atoms. The highest BCUT2D eigenvalue weighted by atomic mass is 35.5. The van der Waals surface area contributed by atoms with E-state index >= 15 is 0 Å². The lowest BCUT2D eigenvalue weighted by atomic mass is 10.2. The lowest BCUT2D eigenvalue weighted by Crippen LogP contribution is -2.33. The number of anilines is 1. The van der Waals surface area contributed by atoms with E-state index in [0.717, 1.165) is 4.90 Å². The number of rotatable bonds is 1. The average Bonchev–Trinajstić information content (AvgIpc) is 2.55. The number of aliphatic imine (C=N–C) groups is 1. The number of halogens is 5. The number of nitrogens with two attached hydrogens (primary N) is 1. The van der Waals surface area contributed by atoms with Gasteiger partial charge in [0.05, 0.1) is 11.3 Å². The highest BCUT2D eigenvalue weighted by molar-refractivity contribution is 8.02. The van der Waals surface area contributed by atoms with Crippen LogP contribution >= 0.6 is 23.4 Å². The SMILES string of the molecule is NC(=Nc1cc(C(F)(F)F)ccc1F)N1C=CSc2ccc(Cl)cc21. The number of fused-ring (bicyclic) bond motifs is 1. The minimum atomic E-state index is -4.60. The van der Waals surface area contributed by atoms with E-state index in [9.17, 15) is 17.6 Å². The molecular weight excluding hydrogens is 378 g/mol. The lowest BCUT2D eigenvalue weighted by molar-refractivity contribution is -0.137. The van der Waals surface area contributed by atoms with Gasteiger partial charge in [-0.25, -0.2) is 9.38 Å². The Morgan fingerprint density at radius 3 is 2.64 bits per heavy atom. The summed E-state index contributed by atoms with van der Waals surface area (Å²) in [6, 6.07) is 7.09. The molecule has 0 saturated heterocycles. The standard InChI is InChI=1S/C16H10ClF4N3S/c17-10-2-4-14-13(8-10)24(5-6-25-14)15(22)23-12-7-9(16(19,20)21)1-3-11(12)18/h1-8H,(H2,22,23). The zero-order valence-corrected chi connectivity index (χ0v) is 14.0. The molecule has 130 valence electrons. The van der Waals surface area contributed by atoms with Gasteiger partial charge in [0.25, 0.3) is 0 Å². The van der Waals surface area contributed by atoms with Crippen LogP contribution in [0.25, 0.3) is 0 Å². The van der Waals surface area contributed by atoms with E-state index in [1.807, 2.05) is 0 Å². The molecule has 0 spiro atoms. The Morgan fingerprint density at radius 1 is 1.16 bits per heavy atom. The molecule has 0 atom stereocenters. The molecule has 0 saturated carbocycles. The number of alkyl halides is 3. The van der Waals surface area contributed by atoms with Crippen molar-refractivity contribution in [1.29, 1.82) is 0 Å². The first-order chi connectivity index (χ1) is 11.8. The smallest absolute Gasteiger partial charge is 0.369 e. The number of hydrogen-bond donors (Lipinski definition) is 1. The third kappa shape index (κ3) is 3.74. The quantitative estimate of drug-likeness (QED) is 0.397. The fourth-order valence-electron chi connectivity index (χ4n) is 2.18. The van der Waals surface area contributed by atoms with Crippen molar-refractivity contribution in [3.63, 3.8) is 0 Å². The number of guanidine groups is 1. The minimum absolute atomic E-state index is 0.182. The van der Waals surface area contributed by atoms with Crippen LogP contribution in [-0.4, -0.2) is 5.96 Å². The van der Waals surface area contributed by atoms with E-state index in [1.54, 1.807) is 29.8 Å². The van der Waals surface area contributed by atoms with Gasteiger partial charge in [-0.1, -0.05) is 23.4 Å². The average molecular weight is 388 g/mol. The predicted molar refractivity (Wildman–Crippen MR) is 91.6 cm³/mol. The number of hydrogen-bond acceptors (Lipinski definition) is 2. The van der Waals surface area contributed by atoms with Crippen molar-refractivity contribution in [2.45, 2.75) is 11.1 Å². The molecule has 0 radical (unpaired) electrons. The Balaban J connectivity index is 2.02. The first-order valence-electron chi connectivity index (χ1n) is 6.89. The van der Waals surface area contributed by atoms with E-state index in [4.69, 9.17) is 17.3 Å². The van der Waals surface area contributed by atoms with Crippen LogP contribution in [0.4, 0.5) is 28.9 Å². The van der Waals surface area contributed by atoms with Gasteiger partial charge in [0.2, 0.25) is 5.96 Å². The number of benzene rings is 2. The fourth-order valence-corrected chi connectivity index (χ4v) is 3.10. The van der Waals surface area contributed by atoms with Crippen molar-refractivity contribution < 1.29 is 17.6 Å². The van der Waals surface area contributed by atoms with Gasteiger partial charge in [0.15, 0.2) is 0 Å². The second-order valence-corrected chi connectivity index (χ2v) is 6.40. The summed E-state index contributed by atoms with van der Waals surface area (Å²) in [4.78, 5) is 6.08. The van der Waals surface area contributed by atoms with Gasteiger partial charge in [0.1, 0.15) is 11.5 Å². The predicted octanol–water partition coefficient (Wildman–Crippen LogP) is 5.53. The summed E-state index contributed by atoms with van der Waals surface area (Å²) < 4.78 is 52.2. The maximum atomic E-state index is 13.9. The first kappa shape index (κ1) is 17.6. The van der Waals surface area contributed by atoms with E-state index in [1.165, 1.54) is 16.7 Å². The fraction of sp³-hybridized carbons (Fsp3) is 0.0625. The molecule has 0 unspecified atom stereocenters. The molecule has 2 aromatic carbocycles. The van der Waals surface area contributed by atoms with Crippen molar-refractivity contribution in [2.75, 3.05) is 4.90 Å². The van der Waals surface area contributed by atoms with Crippen LogP contribution in [0.15, 0.2) is 57.9 Å². The van der Waals surface area contributed by atoms with Crippen molar-refractivity contribution >= 4 is 40.7 Å². The van der Waals surface area contributed by atoms with E-state index < -0.39 is 23.2 Å². The molecule has 0 fully saturated rings. The Kier molecular flexibility index (Phi) is 4.66. The van der Waals surface area contributed by atoms with Crippen LogP contribution in [0.3, 0.4) is 0 Å². The monoisotopic (exact) mass is 387 g/mol. The zero-order valence-electron chi connectivity index (χ0n) is 12.4. The Hall–Kier alpha value is -2.19. The molecule has 0 bridgehead atoms. The highest BCUT2D eigenvalue weighted by Crippen LogP contribution is 2.38. The van der Waals surface area contributed by atoms with Crippen LogP contribution < -0.4 is 10.6 Å². The summed E-state index contributed by atoms with van der Waals surface area (Å²) in [7, 11) is 0. The van der Waals surface area contributed by atoms with Crippen LogP contribution in [0.1, 0.15) is 5.56 Å². The summed E-state index contributed by atoms with van der Waals surface area (Å²) in [6.07, 6.45) is -3.03. The topological polar surface area (TPSA) is 41.6 Å². The Bertz CT molecular complexity index is 880. The normalized spacial score (nSPS) is 14.6. The highest BCUT2D eigenvalue weighted by Gasteiger charge is 2.31.